The van der Waals surface area contributed by atoms with Crippen LogP contribution < -0.4 is 5.32 Å². The van der Waals surface area contributed by atoms with Crippen molar-refractivity contribution < 1.29 is 14.3 Å². The monoisotopic (exact) mass is 227 g/mol. The molecule has 16 heavy (non-hydrogen) atoms. The van der Waals surface area contributed by atoms with Gasteiger partial charge in [-0.05, 0) is 26.2 Å². The maximum Gasteiger partial charge on any atom is 0.407 e. The minimum Gasteiger partial charge on any atom is -0.453 e. The zero-order valence-corrected chi connectivity index (χ0v) is 10.3. The van der Waals surface area contributed by atoms with Crippen molar-refractivity contribution in [2.24, 2.45) is 0 Å². The molecule has 0 aliphatic carbocycles. The van der Waals surface area contributed by atoms with Gasteiger partial charge in [-0.1, -0.05) is 0 Å². The summed E-state index contributed by atoms with van der Waals surface area (Å²) in [4.78, 5) is 10.9. The van der Waals surface area contributed by atoms with E-state index < -0.39 is 0 Å². The molecule has 0 saturated heterocycles. The molecule has 4 nitrogen and oxygen atoms in total. The summed E-state index contributed by atoms with van der Waals surface area (Å²) in [6, 6.07) is 0.107. The lowest BCUT2D eigenvalue weighted by Crippen LogP contribution is -2.32. The van der Waals surface area contributed by atoms with Crippen LogP contribution in [0.2, 0.25) is 0 Å². The summed E-state index contributed by atoms with van der Waals surface area (Å²) < 4.78 is 9.73. The van der Waals surface area contributed by atoms with Crippen molar-refractivity contribution in [1.29, 1.82) is 0 Å². The van der Waals surface area contributed by atoms with Gasteiger partial charge in [-0.25, -0.2) is 4.79 Å². The average molecular weight is 227 g/mol. The van der Waals surface area contributed by atoms with Gasteiger partial charge in [0, 0.05) is 19.6 Å². The number of carbonyl (C=O) groups is 1. The minimum absolute atomic E-state index is 0.107. The van der Waals surface area contributed by atoms with Crippen LogP contribution in [0.3, 0.4) is 0 Å². The van der Waals surface area contributed by atoms with Gasteiger partial charge in [0.25, 0.3) is 0 Å². The van der Waals surface area contributed by atoms with Crippen molar-refractivity contribution in [3.63, 3.8) is 0 Å². The number of ether oxygens (including phenoxy) is 2. The van der Waals surface area contributed by atoms with Crippen LogP contribution in [0.25, 0.3) is 0 Å². The van der Waals surface area contributed by atoms with Gasteiger partial charge in [0.1, 0.15) is 0 Å². The van der Waals surface area contributed by atoms with Crippen LogP contribution in [-0.4, -0.2) is 32.5 Å². The summed E-state index contributed by atoms with van der Waals surface area (Å²) in [6.07, 6.45) is 8.35. The molecule has 0 aromatic heterocycles. The van der Waals surface area contributed by atoms with Crippen molar-refractivity contribution in [3.05, 3.63) is 0 Å². The summed E-state index contributed by atoms with van der Waals surface area (Å²) in [5.74, 6) is 2.58. The van der Waals surface area contributed by atoms with Crippen molar-refractivity contribution in [2.45, 2.75) is 44.8 Å². The van der Waals surface area contributed by atoms with Crippen molar-refractivity contribution in [2.75, 3.05) is 14.2 Å². The van der Waals surface area contributed by atoms with E-state index in [1.807, 2.05) is 6.92 Å². The lowest BCUT2D eigenvalue weighted by Gasteiger charge is -2.15. The Hall–Kier alpha value is -1.21. The Morgan fingerprint density at radius 2 is 2.12 bits per heavy atom. The Balaban J connectivity index is 3.64. The molecule has 1 N–H and O–H groups in total. The molecule has 0 aliphatic rings. The molecule has 92 valence electrons. The Morgan fingerprint density at radius 1 is 1.44 bits per heavy atom. The predicted molar refractivity (Wildman–Crippen MR) is 63.1 cm³/mol. The quantitative estimate of drug-likeness (QED) is 0.676. The Bertz CT molecular complexity index is 235. The normalized spacial score (nSPS) is 13.6. The number of hydrogen-bond donors (Lipinski definition) is 1. The highest BCUT2D eigenvalue weighted by Crippen LogP contribution is 2.09. The summed E-state index contributed by atoms with van der Waals surface area (Å²) in [7, 11) is 3.02. The van der Waals surface area contributed by atoms with Gasteiger partial charge >= 0.3 is 6.09 Å². The molecule has 0 rings (SSSR count). The fourth-order valence-corrected chi connectivity index (χ4v) is 1.42. The number of carbonyl (C=O) groups excluding carboxylic acids is 1. The molecule has 0 radical (unpaired) electrons. The molecule has 2 atom stereocenters. The highest BCUT2D eigenvalue weighted by atomic mass is 16.5. The van der Waals surface area contributed by atoms with Gasteiger partial charge in [0.15, 0.2) is 0 Å². The molecular formula is C12H21NO3. The summed E-state index contributed by atoms with van der Waals surface area (Å²) in [5, 5.41) is 2.71. The highest BCUT2D eigenvalue weighted by molar-refractivity contribution is 5.67. The predicted octanol–water partition coefficient (Wildman–Crippen LogP) is 1.94. The van der Waals surface area contributed by atoms with Gasteiger partial charge in [-0.3, -0.25) is 0 Å². The lowest BCUT2D eigenvalue weighted by molar-refractivity contribution is 0.0964. The first-order valence-electron chi connectivity index (χ1n) is 5.44. The molecule has 1 amide bonds. The Labute approximate surface area is 97.7 Å². The molecule has 0 aromatic carbocycles. The SMILES string of the molecule is C#CCC(CCCC(C)NC(=O)OC)OC. The van der Waals surface area contributed by atoms with Gasteiger partial charge in [-0.15, -0.1) is 12.3 Å². The number of rotatable bonds is 7. The second-order valence-corrected chi connectivity index (χ2v) is 3.73. The first kappa shape index (κ1) is 14.8. The fraction of sp³-hybridized carbons (Fsp3) is 0.750. The Kier molecular flexibility index (Phi) is 8.36. The van der Waals surface area contributed by atoms with Gasteiger partial charge in [0.2, 0.25) is 0 Å². The van der Waals surface area contributed by atoms with Crippen LogP contribution in [0.1, 0.15) is 32.6 Å². The molecule has 2 unspecified atom stereocenters. The maximum absolute atomic E-state index is 10.9. The van der Waals surface area contributed by atoms with E-state index in [9.17, 15) is 4.79 Å². The molecular weight excluding hydrogens is 206 g/mol. The summed E-state index contributed by atoms with van der Waals surface area (Å²) >= 11 is 0. The van der Waals surface area contributed by atoms with Crippen LogP contribution >= 0.6 is 0 Å². The van der Waals surface area contributed by atoms with Crippen LogP contribution in [0.15, 0.2) is 0 Å². The van der Waals surface area contributed by atoms with E-state index in [-0.39, 0.29) is 18.2 Å². The number of methoxy groups -OCH3 is 2. The van der Waals surface area contributed by atoms with Gasteiger partial charge < -0.3 is 14.8 Å². The molecule has 0 spiro atoms. The average Bonchev–Trinajstić information content (AvgIpc) is 2.27. The maximum atomic E-state index is 10.9. The third kappa shape index (κ3) is 7.13. The second-order valence-electron chi connectivity index (χ2n) is 3.73. The third-order valence-electron chi connectivity index (χ3n) is 2.39. The second kappa shape index (κ2) is 9.05. The first-order valence-corrected chi connectivity index (χ1v) is 5.44. The van der Waals surface area contributed by atoms with Gasteiger partial charge in [0.05, 0.1) is 13.2 Å². The molecule has 0 bridgehead atoms. The number of terminal acetylenes is 1. The molecule has 4 heteroatoms. The molecule has 0 saturated carbocycles. The largest absolute Gasteiger partial charge is 0.453 e. The van der Waals surface area contributed by atoms with E-state index in [1.54, 1.807) is 7.11 Å². The number of hydrogen-bond acceptors (Lipinski definition) is 3. The van der Waals surface area contributed by atoms with Crippen molar-refractivity contribution in [1.82, 2.24) is 5.32 Å². The highest BCUT2D eigenvalue weighted by Gasteiger charge is 2.09. The lowest BCUT2D eigenvalue weighted by atomic mass is 10.1. The standard InChI is InChI=1S/C12H21NO3/c1-5-7-11(15-3)9-6-8-10(2)13-12(14)16-4/h1,10-11H,6-9H2,2-4H3,(H,13,14). The molecule has 0 aliphatic heterocycles. The van der Waals surface area contributed by atoms with E-state index >= 15 is 0 Å². The molecule has 0 fully saturated rings. The van der Waals surface area contributed by atoms with Gasteiger partial charge in [-0.2, -0.15) is 0 Å². The van der Waals surface area contributed by atoms with E-state index in [0.717, 1.165) is 19.3 Å². The zero-order chi connectivity index (χ0) is 12.4. The zero-order valence-electron chi connectivity index (χ0n) is 10.3. The van der Waals surface area contributed by atoms with E-state index in [2.05, 4.69) is 16.0 Å². The summed E-state index contributed by atoms with van der Waals surface area (Å²) in [5.41, 5.74) is 0. The Morgan fingerprint density at radius 3 is 2.62 bits per heavy atom. The smallest absolute Gasteiger partial charge is 0.407 e. The van der Waals surface area contributed by atoms with Crippen LogP contribution in [0.5, 0.6) is 0 Å². The van der Waals surface area contributed by atoms with Crippen LogP contribution in [-0.2, 0) is 9.47 Å². The van der Waals surface area contributed by atoms with Crippen LogP contribution in [0.4, 0.5) is 4.79 Å². The first-order chi connectivity index (χ1) is 7.63. The topological polar surface area (TPSA) is 47.6 Å². The van der Waals surface area contributed by atoms with E-state index in [1.165, 1.54) is 7.11 Å². The summed E-state index contributed by atoms with van der Waals surface area (Å²) in [6.45, 7) is 1.94. The fourth-order valence-electron chi connectivity index (χ4n) is 1.42. The van der Waals surface area contributed by atoms with E-state index in [0.29, 0.717) is 6.42 Å². The number of amides is 1. The molecule has 0 aromatic rings. The number of alkyl carbamates (subject to hydrolysis) is 1. The minimum atomic E-state index is -0.389. The molecule has 0 heterocycles. The third-order valence-corrected chi connectivity index (χ3v) is 2.39. The van der Waals surface area contributed by atoms with Crippen LogP contribution in [0, 0.1) is 12.3 Å². The van der Waals surface area contributed by atoms with Crippen molar-refractivity contribution >= 4 is 6.09 Å². The van der Waals surface area contributed by atoms with E-state index in [4.69, 9.17) is 11.2 Å². The van der Waals surface area contributed by atoms with Crippen molar-refractivity contribution in [3.8, 4) is 12.3 Å². The number of nitrogens with one attached hydrogen (secondary N) is 1.